The Balaban J connectivity index is 2.15. The summed E-state index contributed by atoms with van der Waals surface area (Å²) in [6, 6.07) is 2.07. The van der Waals surface area contributed by atoms with Gasteiger partial charge in [0, 0.05) is 23.8 Å². The zero-order valence-electron chi connectivity index (χ0n) is 12.2. The Morgan fingerprint density at radius 3 is 2.90 bits per heavy atom. The minimum Gasteiger partial charge on any atom is -0.469 e. The van der Waals surface area contributed by atoms with Crippen LogP contribution in [0, 0.1) is 11.3 Å². The number of ether oxygens (including phenoxy) is 1. The van der Waals surface area contributed by atoms with Gasteiger partial charge in [-0.3, -0.25) is 9.78 Å². The minimum atomic E-state index is -0.452. The van der Waals surface area contributed by atoms with E-state index >= 15 is 0 Å². The van der Waals surface area contributed by atoms with Gasteiger partial charge in [0.15, 0.2) is 0 Å². The normalized spacial score (nSPS) is 19.8. The van der Waals surface area contributed by atoms with E-state index in [2.05, 4.69) is 31.9 Å². The van der Waals surface area contributed by atoms with E-state index in [0.29, 0.717) is 5.92 Å². The summed E-state index contributed by atoms with van der Waals surface area (Å²) in [4.78, 5) is 18.5. The summed E-state index contributed by atoms with van der Waals surface area (Å²) in [5.41, 5.74) is 0.650. The van der Waals surface area contributed by atoms with Crippen LogP contribution in [0.3, 0.4) is 0 Å². The van der Waals surface area contributed by atoms with Crippen molar-refractivity contribution in [3.8, 4) is 0 Å². The summed E-state index contributed by atoms with van der Waals surface area (Å²) >= 11 is 3.45. The van der Waals surface area contributed by atoms with Gasteiger partial charge in [0.1, 0.15) is 0 Å². The second-order valence-electron chi connectivity index (χ2n) is 5.86. The van der Waals surface area contributed by atoms with E-state index in [1.54, 1.807) is 6.20 Å². The number of pyridine rings is 1. The van der Waals surface area contributed by atoms with Gasteiger partial charge >= 0.3 is 5.97 Å². The average Bonchev–Trinajstić information content (AvgIpc) is 2.46. The maximum atomic E-state index is 12.0. The Morgan fingerprint density at radius 1 is 1.50 bits per heavy atom. The lowest BCUT2D eigenvalue weighted by atomic mass is 9.74. The zero-order chi connectivity index (χ0) is 14.8. The number of esters is 1. The molecule has 110 valence electrons. The standard InChI is InChI=1S/C15H21BrN2O2/c1-15(2,14(19)20-3)11-5-4-6-18(10-11)13-7-12(16)8-17-9-13/h7-9,11H,4-6,10H2,1-3H3. The summed E-state index contributed by atoms with van der Waals surface area (Å²) in [6.45, 7) is 5.82. The molecule has 1 aliphatic rings. The molecule has 4 nitrogen and oxygen atoms in total. The van der Waals surface area contributed by atoms with E-state index in [4.69, 9.17) is 4.74 Å². The molecule has 1 fully saturated rings. The zero-order valence-corrected chi connectivity index (χ0v) is 13.8. The van der Waals surface area contributed by atoms with Crippen molar-refractivity contribution in [3.05, 3.63) is 22.9 Å². The fraction of sp³-hybridized carbons (Fsp3) is 0.600. The topological polar surface area (TPSA) is 42.4 Å². The second-order valence-corrected chi connectivity index (χ2v) is 6.78. The van der Waals surface area contributed by atoms with Gasteiger partial charge in [-0.15, -0.1) is 0 Å². The first-order valence-electron chi connectivity index (χ1n) is 6.89. The second kappa shape index (κ2) is 6.12. The van der Waals surface area contributed by atoms with Crippen LogP contribution in [0.4, 0.5) is 5.69 Å². The molecule has 0 saturated carbocycles. The number of aromatic nitrogens is 1. The van der Waals surface area contributed by atoms with Crippen LogP contribution in [0.5, 0.6) is 0 Å². The van der Waals surface area contributed by atoms with Gasteiger partial charge in [-0.05, 0) is 54.6 Å². The third-order valence-electron chi connectivity index (χ3n) is 4.21. The van der Waals surface area contributed by atoms with Gasteiger partial charge in [-0.1, -0.05) is 0 Å². The highest BCUT2D eigenvalue weighted by Gasteiger charge is 2.40. The molecular weight excluding hydrogens is 320 g/mol. The Hall–Kier alpha value is -1.10. The van der Waals surface area contributed by atoms with Crippen molar-refractivity contribution < 1.29 is 9.53 Å². The summed E-state index contributed by atoms with van der Waals surface area (Å²) in [7, 11) is 1.46. The molecule has 0 radical (unpaired) electrons. The molecule has 0 aromatic carbocycles. The minimum absolute atomic E-state index is 0.128. The van der Waals surface area contributed by atoms with Crippen molar-refractivity contribution in [1.29, 1.82) is 0 Å². The predicted octanol–water partition coefficient (Wildman–Crippen LogP) is 3.26. The van der Waals surface area contributed by atoms with Crippen LogP contribution in [-0.2, 0) is 9.53 Å². The molecule has 0 amide bonds. The van der Waals surface area contributed by atoms with E-state index in [0.717, 1.165) is 36.1 Å². The number of carbonyl (C=O) groups is 1. The molecule has 2 rings (SSSR count). The largest absolute Gasteiger partial charge is 0.469 e. The highest BCUT2D eigenvalue weighted by molar-refractivity contribution is 9.10. The molecule has 1 aliphatic heterocycles. The van der Waals surface area contributed by atoms with Crippen LogP contribution in [0.25, 0.3) is 0 Å². The Bertz CT molecular complexity index is 491. The van der Waals surface area contributed by atoms with Crippen molar-refractivity contribution in [2.75, 3.05) is 25.1 Å². The molecule has 1 saturated heterocycles. The number of rotatable bonds is 3. The van der Waals surface area contributed by atoms with Gasteiger partial charge in [0.2, 0.25) is 0 Å². The monoisotopic (exact) mass is 340 g/mol. The van der Waals surface area contributed by atoms with Crippen LogP contribution in [0.2, 0.25) is 0 Å². The number of halogens is 1. The van der Waals surface area contributed by atoms with Crippen LogP contribution in [0.1, 0.15) is 26.7 Å². The van der Waals surface area contributed by atoms with Gasteiger partial charge < -0.3 is 9.64 Å². The number of piperidine rings is 1. The maximum absolute atomic E-state index is 12.0. The Morgan fingerprint density at radius 2 is 2.25 bits per heavy atom. The fourth-order valence-electron chi connectivity index (χ4n) is 2.80. The SMILES string of the molecule is COC(=O)C(C)(C)C1CCCN(c2cncc(Br)c2)C1. The van der Waals surface area contributed by atoms with Crippen LogP contribution < -0.4 is 4.90 Å². The van der Waals surface area contributed by atoms with Crippen molar-refractivity contribution in [2.24, 2.45) is 11.3 Å². The maximum Gasteiger partial charge on any atom is 0.311 e. The van der Waals surface area contributed by atoms with Gasteiger partial charge in [0.05, 0.1) is 24.4 Å². The molecule has 5 heteroatoms. The summed E-state index contributed by atoms with van der Waals surface area (Å²) in [5.74, 6) is 0.166. The molecule has 2 heterocycles. The van der Waals surface area contributed by atoms with E-state index in [1.807, 2.05) is 20.0 Å². The summed E-state index contributed by atoms with van der Waals surface area (Å²) in [5, 5.41) is 0. The molecule has 1 unspecified atom stereocenters. The molecule has 0 spiro atoms. The number of hydrogen-bond donors (Lipinski definition) is 0. The Kier molecular flexibility index (Phi) is 4.68. The molecule has 0 aliphatic carbocycles. The third-order valence-corrected chi connectivity index (χ3v) is 4.64. The quantitative estimate of drug-likeness (QED) is 0.792. The molecule has 0 bridgehead atoms. The molecule has 1 atom stereocenters. The smallest absolute Gasteiger partial charge is 0.311 e. The number of anilines is 1. The van der Waals surface area contributed by atoms with E-state index in [-0.39, 0.29) is 5.97 Å². The summed E-state index contributed by atoms with van der Waals surface area (Å²) < 4.78 is 5.93. The fourth-order valence-corrected chi connectivity index (χ4v) is 3.16. The number of methoxy groups -OCH3 is 1. The first-order chi connectivity index (χ1) is 9.45. The van der Waals surface area contributed by atoms with Crippen molar-refractivity contribution in [2.45, 2.75) is 26.7 Å². The molecular formula is C15H21BrN2O2. The van der Waals surface area contributed by atoms with E-state index < -0.39 is 5.41 Å². The number of carbonyl (C=O) groups excluding carboxylic acids is 1. The van der Waals surface area contributed by atoms with E-state index in [9.17, 15) is 4.79 Å². The number of hydrogen-bond acceptors (Lipinski definition) is 4. The highest BCUT2D eigenvalue weighted by Crippen LogP contribution is 2.36. The first-order valence-corrected chi connectivity index (χ1v) is 7.68. The van der Waals surface area contributed by atoms with Crippen molar-refractivity contribution in [3.63, 3.8) is 0 Å². The van der Waals surface area contributed by atoms with E-state index in [1.165, 1.54) is 7.11 Å². The third kappa shape index (κ3) is 3.14. The van der Waals surface area contributed by atoms with Gasteiger partial charge in [-0.25, -0.2) is 0 Å². The van der Waals surface area contributed by atoms with Crippen molar-refractivity contribution >= 4 is 27.6 Å². The number of nitrogens with zero attached hydrogens (tertiary/aromatic N) is 2. The lowest BCUT2D eigenvalue weighted by molar-refractivity contribution is -0.154. The lowest BCUT2D eigenvalue weighted by Crippen LogP contribution is -2.45. The summed E-state index contributed by atoms with van der Waals surface area (Å²) in [6.07, 6.45) is 5.79. The van der Waals surface area contributed by atoms with Crippen LogP contribution in [-0.4, -0.2) is 31.2 Å². The Labute approximate surface area is 128 Å². The molecule has 1 aromatic heterocycles. The molecule has 0 N–H and O–H groups in total. The van der Waals surface area contributed by atoms with Gasteiger partial charge in [-0.2, -0.15) is 0 Å². The lowest BCUT2D eigenvalue weighted by Gasteiger charge is -2.40. The first kappa shape index (κ1) is 15.3. The average molecular weight is 341 g/mol. The van der Waals surface area contributed by atoms with Crippen LogP contribution in [0.15, 0.2) is 22.9 Å². The van der Waals surface area contributed by atoms with Crippen LogP contribution >= 0.6 is 15.9 Å². The highest BCUT2D eigenvalue weighted by atomic mass is 79.9. The predicted molar refractivity (Wildman–Crippen MR) is 82.7 cm³/mol. The molecule has 1 aromatic rings. The molecule has 20 heavy (non-hydrogen) atoms. The van der Waals surface area contributed by atoms with Crippen molar-refractivity contribution in [1.82, 2.24) is 4.98 Å². The van der Waals surface area contributed by atoms with Gasteiger partial charge in [0.25, 0.3) is 0 Å².